The zero-order valence-electron chi connectivity index (χ0n) is 20.9. The topological polar surface area (TPSA) is 91.0 Å². The highest BCUT2D eigenvalue weighted by Crippen LogP contribution is 2.34. The predicted molar refractivity (Wildman–Crippen MR) is 137 cm³/mol. The maximum Gasteiger partial charge on any atom is 0.407 e. The van der Waals surface area contributed by atoms with Crippen LogP contribution in [-0.2, 0) is 27.5 Å². The first-order valence-corrected chi connectivity index (χ1v) is 12.8. The molecule has 8 nitrogen and oxygen atoms in total. The van der Waals surface area contributed by atoms with E-state index in [0.717, 1.165) is 24.2 Å². The number of ether oxygens (including phenoxy) is 1. The first-order valence-electron chi connectivity index (χ1n) is 12.8. The van der Waals surface area contributed by atoms with Gasteiger partial charge >= 0.3 is 6.09 Å². The molecular weight excluding hydrogens is 456 g/mol. The fourth-order valence-electron chi connectivity index (χ4n) is 4.99. The third-order valence-corrected chi connectivity index (χ3v) is 7.21. The summed E-state index contributed by atoms with van der Waals surface area (Å²) in [5.41, 5.74) is 1.16. The zero-order valence-corrected chi connectivity index (χ0v) is 20.9. The summed E-state index contributed by atoms with van der Waals surface area (Å²) in [6.07, 6.45) is 2.73. The number of piperazine rings is 1. The van der Waals surface area contributed by atoms with Gasteiger partial charge in [0.05, 0.1) is 0 Å². The van der Waals surface area contributed by atoms with E-state index in [4.69, 9.17) is 4.74 Å². The van der Waals surface area contributed by atoms with Crippen molar-refractivity contribution in [2.75, 3.05) is 26.7 Å². The van der Waals surface area contributed by atoms with Crippen molar-refractivity contribution < 1.29 is 19.1 Å². The van der Waals surface area contributed by atoms with Gasteiger partial charge in [-0.25, -0.2) is 4.79 Å². The van der Waals surface area contributed by atoms with Gasteiger partial charge in [0.25, 0.3) is 0 Å². The standard InChI is InChI=1S/C28H36N4O4/c1-31-18-15-28(16-19-31)26(34)30-24(25(33)32(28)20-22-10-4-2-5-11-22)14-8-9-17-29-27(35)36-21-23-12-6-3-7-13-23/h2-7,10-13,24H,8-9,14-21H2,1H3,(H,29,35)(H,30,34). The maximum absolute atomic E-state index is 13.6. The van der Waals surface area contributed by atoms with Gasteiger partial charge in [-0.05, 0) is 50.3 Å². The zero-order chi connectivity index (χ0) is 25.4. The Balaban J connectivity index is 1.29. The summed E-state index contributed by atoms with van der Waals surface area (Å²) in [5.74, 6) is -0.0583. The summed E-state index contributed by atoms with van der Waals surface area (Å²) in [6, 6.07) is 18.8. The molecule has 2 N–H and O–H groups in total. The molecule has 36 heavy (non-hydrogen) atoms. The summed E-state index contributed by atoms with van der Waals surface area (Å²) in [5, 5.41) is 5.79. The minimum absolute atomic E-state index is 0.0155. The third-order valence-electron chi connectivity index (χ3n) is 7.21. The van der Waals surface area contributed by atoms with E-state index in [1.54, 1.807) is 0 Å². The van der Waals surface area contributed by atoms with Crippen LogP contribution in [0.3, 0.4) is 0 Å². The highest BCUT2D eigenvalue weighted by Gasteiger charge is 2.53. The Kier molecular flexibility index (Phi) is 8.59. The van der Waals surface area contributed by atoms with E-state index in [9.17, 15) is 14.4 Å². The molecule has 1 unspecified atom stereocenters. The number of hydrogen-bond acceptors (Lipinski definition) is 5. The number of carbonyl (C=O) groups excluding carboxylic acids is 3. The van der Waals surface area contributed by atoms with Crippen molar-refractivity contribution >= 4 is 17.9 Å². The van der Waals surface area contributed by atoms with Crippen LogP contribution in [0.15, 0.2) is 60.7 Å². The quantitative estimate of drug-likeness (QED) is 0.525. The van der Waals surface area contributed by atoms with Gasteiger partial charge in [0.2, 0.25) is 11.8 Å². The van der Waals surface area contributed by atoms with E-state index in [-0.39, 0.29) is 18.4 Å². The van der Waals surface area contributed by atoms with Crippen molar-refractivity contribution in [3.8, 4) is 0 Å². The Morgan fingerprint density at radius 3 is 2.31 bits per heavy atom. The summed E-state index contributed by atoms with van der Waals surface area (Å²) >= 11 is 0. The molecule has 1 spiro atoms. The fraction of sp³-hybridized carbons (Fsp3) is 0.464. The molecule has 2 fully saturated rings. The van der Waals surface area contributed by atoms with E-state index >= 15 is 0 Å². The van der Waals surface area contributed by atoms with Crippen LogP contribution in [0.1, 0.15) is 43.2 Å². The van der Waals surface area contributed by atoms with Crippen LogP contribution in [0.5, 0.6) is 0 Å². The number of rotatable bonds is 9. The summed E-state index contributed by atoms with van der Waals surface area (Å²) in [4.78, 5) is 43.0. The van der Waals surface area contributed by atoms with E-state index in [2.05, 4.69) is 15.5 Å². The lowest BCUT2D eigenvalue weighted by atomic mass is 9.81. The molecule has 4 rings (SSSR count). The molecule has 3 amide bonds. The molecule has 2 aromatic carbocycles. The second kappa shape index (κ2) is 12.0. The number of likely N-dealkylation sites (tertiary alicyclic amines) is 1. The van der Waals surface area contributed by atoms with E-state index < -0.39 is 17.7 Å². The fourth-order valence-corrected chi connectivity index (χ4v) is 4.99. The van der Waals surface area contributed by atoms with Gasteiger partial charge in [-0.1, -0.05) is 60.7 Å². The van der Waals surface area contributed by atoms with Gasteiger partial charge in [0.15, 0.2) is 0 Å². The van der Waals surface area contributed by atoms with Crippen LogP contribution < -0.4 is 10.6 Å². The van der Waals surface area contributed by atoms with Gasteiger partial charge in [-0.2, -0.15) is 0 Å². The molecule has 0 aromatic heterocycles. The second-order valence-electron chi connectivity index (χ2n) is 9.76. The molecular formula is C28H36N4O4. The van der Waals surface area contributed by atoms with Crippen molar-refractivity contribution in [1.29, 1.82) is 0 Å². The third kappa shape index (κ3) is 6.23. The maximum atomic E-state index is 13.6. The Bertz CT molecular complexity index is 1020. The van der Waals surface area contributed by atoms with Crippen LogP contribution in [0.4, 0.5) is 4.79 Å². The van der Waals surface area contributed by atoms with Gasteiger partial charge in [0, 0.05) is 26.2 Å². The van der Waals surface area contributed by atoms with Crippen LogP contribution in [-0.4, -0.2) is 66.0 Å². The Morgan fingerprint density at radius 1 is 1.00 bits per heavy atom. The molecule has 0 aliphatic carbocycles. The van der Waals surface area contributed by atoms with Crippen LogP contribution >= 0.6 is 0 Å². The second-order valence-corrected chi connectivity index (χ2v) is 9.76. The van der Waals surface area contributed by atoms with Gasteiger partial charge in [-0.15, -0.1) is 0 Å². The van der Waals surface area contributed by atoms with Crippen molar-refractivity contribution in [3.63, 3.8) is 0 Å². The molecule has 8 heteroatoms. The molecule has 192 valence electrons. The monoisotopic (exact) mass is 492 g/mol. The van der Waals surface area contributed by atoms with Crippen LogP contribution in [0.25, 0.3) is 0 Å². The first-order chi connectivity index (χ1) is 17.5. The SMILES string of the molecule is CN1CCC2(CC1)C(=O)NC(CCCCNC(=O)OCc1ccccc1)C(=O)N2Cc1ccccc1. The van der Waals surface area contributed by atoms with Gasteiger partial charge < -0.3 is 25.2 Å². The first kappa shape index (κ1) is 25.7. The molecule has 0 radical (unpaired) electrons. The number of amides is 3. The number of unbranched alkanes of at least 4 members (excludes halogenated alkanes) is 1. The number of piperidine rings is 1. The molecule has 2 heterocycles. The number of hydrogen-bond donors (Lipinski definition) is 2. The molecule has 0 saturated carbocycles. The smallest absolute Gasteiger partial charge is 0.407 e. The van der Waals surface area contributed by atoms with Gasteiger partial charge in [0.1, 0.15) is 18.2 Å². The number of nitrogens with zero attached hydrogens (tertiary/aromatic N) is 2. The summed E-state index contributed by atoms with van der Waals surface area (Å²) in [6.45, 7) is 2.67. The van der Waals surface area contributed by atoms with E-state index in [0.29, 0.717) is 45.2 Å². The number of benzene rings is 2. The Morgan fingerprint density at radius 2 is 1.64 bits per heavy atom. The van der Waals surface area contributed by atoms with Crippen molar-refractivity contribution in [1.82, 2.24) is 20.4 Å². The lowest BCUT2D eigenvalue weighted by Gasteiger charge is -2.51. The molecule has 2 aromatic rings. The lowest BCUT2D eigenvalue weighted by Crippen LogP contribution is -2.72. The predicted octanol–water partition coefficient (Wildman–Crippen LogP) is 3.07. The molecule has 2 aliphatic heterocycles. The average Bonchev–Trinajstić information content (AvgIpc) is 2.90. The average molecular weight is 493 g/mol. The highest BCUT2D eigenvalue weighted by molar-refractivity contribution is 6.00. The largest absolute Gasteiger partial charge is 0.445 e. The lowest BCUT2D eigenvalue weighted by molar-refractivity contribution is -0.162. The van der Waals surface area contributed by atoms with Crippen molar-refractivity contribution in [2.24, 2.45) is 0 Å². The summed E-state index contributed by atoms with van der Waals surface area (Å²) < 4.78 is 5.23. The van der Waals surface area contributed by atoms with Crippen molar-refractivity contribution in [3.05, 3.63) is 71.8 Å². The minimum Gasteiger partial charge on any atom is -0.445 e. The molecule has 2 aliphatic rings. The minimum atomic E-state index is -0.792. The molecule has 2 saturated heterocycles. The van der Waals surface area contributed by atoms with Crippen molar-refractivity contribution in [2.45, 2.75) is 56.8 Å². The van der Waals surface area contributed by atoms with E-state index in [1.165, 1.54) is 0 Å². The van der Waals surface area contributed by atoms with E-state index in [1.807, 2.05) is 72.6 Å². The number of alkyl carbamates (subject to hydrolysis) is 1. The van der Waals surface area contributed by atoms with Gasteiger partial charge in [-0.3, -0.25) is 9.59 Å². The van der Waals surface area contributed by atoms with Crippen LogP contribution in [0.2, 0.25) is 0 Å². The van der Waals surface area contributed by atoms with Crippen LogP contribution in [0, 0.1) is 0 Å². The highest BCUT2D eigenvalue weighted by atomic mass is 16.5. The Hall–Kier alpha value is -3.39. The summed E-state index contributed by atoms with van der Waals surface area (Å²) in [7, 11) is 2.05. The number of nitrogens with one attached hydrogen (secondary N) is 2. The normalized spacial score (nSPS) is 19.7. The Labute approximate surface area is 213 Å². The number of carbonyl (C=O) groups is 3. The molecule has 0 bridgehead atoms. The molecule has 1 atom stereocenters.